The first kappa shape index (κ1) is 5.77. The van der Waals surface area contributed by atoms with Crippen molar-refractivity contribution in [1.29, 1.82) is 0 Å². The zero-order valence-corrected chi connectivity index (χ0v) is 5.40. The molecule has 0 aromatic carbocycles. The highest BCUT2D eigenvalue weighted by atomic mass is 31.1. The van der Waals surface area contributed by atoms with Crippen molar-refractivity contribution in [1.82, 2.24) is 0 Å². The van der Waals surface area contributed by atoms with Gasteiger partial charge in [0.2, 0.25) is 5.65 Å². The van der Waals surface area contributed by atoms with Gasteiger partial charge in [0.1, 0.15) is 0 Å². The highest BCUT2D eigenvalue weighted by molar-refractivity contribution is 7.77. The van der Waals surface area contributed by atoms with E-state index in [9.17, 15) is 4.79 Å². The van der Waals surface area contributed by atoms with Crippen molar-refractivity contribution in [3.8, 4) is 0 Å². The van der Waals surface area contributed by atoms with Crippen LogP contribution >= 0.6 is 7.92 Å². The molecule has 0 fully saturated rings. The SMILES string of the molecule is NC(=O)P1C=CCC1. The Hall–Kier alpha value is -0.360. The van der Waals surface area contributed by atoms with Gasteiger partial charge >= 0.3 is 0 Å². The van der Waals surface area contributed by atoms with E-state index in [2.05, 4.69) is 0 Å². The van der Waals surface area contributed by atoms with Crippen molar-refractivity contribution in [2.75, 3.05) is 6.16 Å². The zero-order chi connectivity index (χ0) is 5.98. The first-order valence-corrected chi connectivity index (χ1v) is 4.13. The van der Waals surface area contributed by atoms with E-state index < -0.39 is 7.92 Å². The third-order valence-corrected chi connectivity index (χ3v) is 2.98. The minimum Gasteiger partial charge on any atom is -0.366 e. The molecule has 1 aliphatic heterocycles. The van der Waals surface area contributed by atoms with Crippen molar-refractivity contribution in [3.63, 3.8) is 0 Å². The molecule has 0 saturated heterocycles. The molecule has 0 spiro atoms. The summed E-state index contributed by atoms with van der Waals surface area (Å²) in [6, 6.07) is 0. The summed E-state index contributed by atoms with van der Waals surface area (Å²) in [5.74, 6) is 1.94. The molecular formula is C5H8NOP. The molecule has 0 aromatic rings. The summed E-state index contributed by atoms with van der Waals surface area (Å²) < 4.78 is 0. The van der Waals surface area contributed by atoms with Gasteiger partial charge in [0.15, 0.2) is 0 Å². The van der Waals surface area contributed by atoms with Crippen molar-refractivity contribution in [3.05, 3.63) is 11.9 Å². The molecular weight excluding hydrogens is 121 g/mol. The molecule has 1 aliphatic rings. The van der Waals surface area contributed by atoms with Gasteiger partial charge in [0.05, 0.1) is 0 Å². The molecule has 0 saturated carbocycles. The smallest absolute Gasteiger partial charge is 0.242 e. The van der Waals surface area contributed by atoms with E-state index >= 15 is 0 Å². The van der Waals surface area contributed by atoms with Crippen LogP contribution in [0.5, 0.6) is 0 Å². The number of nitrogens with two attached hydrogens (primary N) is 1. The summed E-state index contributed by atoms with van der Waals surface area (Å²) in [7, 11) is -0.546. The second-order valence-corrected chi connectivity index (χ2v) is 3.83. The Balaban J connectivity index is 2.48. The van der Waals surface area contributed by atoms with Gasteiger partial charge in [0, 0.05) is 7.92 Å². The minimum absolute atomic E-state index is 0.131. The third-order valence-electron chi connectivity index (χ3n) is 1.11. The topological polar surface area (TPSA) is 43.1 Å². The number of amides is 1. The van der Waals surface area contributed by atoms with Crippen LogP contribution in [0.1, 0.15) is 6.42 Å². The average Bonchev–Trinajstić information content (AvgIpc) is 2.12. The van der Waals surface area contributed by atoms with E-state index in [-0.39, 0.29) is 5.65 Å². The Labute approximate surface area is 49.5 Å². The Morgan fingerprint density at radius 3 is 2.75 bits per heavy atom. The van der Waals surface area contributed by atoms with Gasteiger partial charge in [-0.3, -0.25) is 4.79 Å². The van der Waals surface area contributed by atoms with E-state index in [1.165, 1.54) is 0 Å². The lowest BCUT2D eigenvalue weighted by Gasteiger charge is -1.97. The van der Waals surface area contributed by atoms with Gasteiger partial charge in [-0.25, -0.2) is 0 Å². The van der Waals surface area contributed by atoms with Gasteiger partial charge in [-0.2, -0.15) is 0 Å². The molecule has 0 bridgehead atoms. The number of carbonyl (C=O) groups excluding carboxylic acids is 1. The van der Waals surface area contributed by atoms with Crippen LogP contribution in [0.15, 0.2) is 11.9 Å². The fourth-order valence-corrected chi connectivity index (χ4v) is 2.02. The molecule has 1 heterocycles. The summed E-state index contributed by atoms with van der Waals surface area (Å²) in [6.45, 7) is 0. The normalized spacial score (nSPS) is 26.2. The summed E-state index contributed by atoms with van der Waals surface area (Å²) >= 11 is 0. The van der Waals surface area contributed by atoms with Crippen LogP contribution in [0.3, 0.4) is 0 Å². The summed E-state index contributed by atoms with van der Waals surface area (Å²) in [5.41, 5.74) is 4.91. The average molecular weight is 129 g/mol. The van der Waals surface area contributed by atoms with Crippen molar-refractivity contribution in [2.24, 2.45) is 5.73 Å². The van der Waals surface area contributed by atoms with E-state index in [0.717, 1.165) is 12.6 Å². The first-order valence-electron chi connectivity index (χ1n) is 2.53. The molecule has 44 valence electrons. The lowest BCUT2D eigenvalue weighted by atomic mass is 10.5. The lowest BCUT2D eigenvalue weighted by molar-refractivity contribution is 0.266. The Morgan fingerprint density at radius 1 is 1.75 bits per heavy atom. The number of primary amides is 1. The molecule has 0 aliphatic carbocycles. The molecule has 0 aromatic heterocycles. The fraction of sp³-hybridized carbons (Fsp3) is 0.400. The Morgan fingerprint density at radius 2 is 2.50 bits per heavy atom. The quantitative estimate of drug-likeness (QED) is 0.535. The monoisotopic (exact) mass is 129 g/mol. The summed E-state index contributed by atoms with van der Waals surface area (Å²) in [4.78, 5) is 10.4. The molecule has 2 nitrogen and oxygen atoms in total. The predicted octanol–water partition coefficient (Wildman–Crippen LogP) is 1.46. The Kier molecular flexibility index (Phi) is 1.64. The molecule has 0 radical (unpaired) electrons. The maximum Gasteiger partial charge on any atom is 0.242 e. The lowest BCUT2D eigenvalue weighted by Crippen LogP contribution is -2.04. The van der Waals surface area contributed by atoms with Crippen LogP contribution in [0, 0.1) is 0 Å². The number of hydrogen-bond donors (Lipinski definition) is 1. The van der Waals surface area contributed by atoms with Crippen molar-refractivity contribution >= 4 is 13.6 Å². The van der Waals surface area contributed by atoms with E-state index in [1.54, 1.807) is 0 Å². The van der Waals surface area contributed by atoms with Crippen LogP contribution in [0.25, 0.3) is 0 Å². The number of allylic oxidation sites excluding steroid dienone is 1. The van der Waals surface area contributed by atoms with Gasteiger partial charge in [0.25, 0.3) is 0 Å². The van der Waals surface area contributed by atoms with Crippen molar-refractivity contribution in [2.45, 2.75) is 6.42 Å². The predicted molar refractivity (Wildman–Crippen MR) is 35.1 cm³/mol. The summed E-state index contributed by atoms with van der Waals surface area (Å²) in [6.07, 6.45) is 4.04. The zero-order valence-electron chi connectivity index (χ0n) is 4.50. The van der Waals surface area contributed by atoms with Crippen LogP contribution in [0.4, 0.5) is 4.79 Å². The highest BCUT2D eigenvalue weighted by Crippen LogP contribution is 2.41. The maximum atomic E-state index is 10.4. The number of carbonyl (C=O) groups is 1. The van der Waals surface area contributed by atoms with Gasteiger partial charge < -0.3 is 5.73 Å². The molecule has 1 rings (SSSR count). The molecule has 8 heavy (non-hydrogen) atoms. The summed E-state index contributed by atoms with van der Waals surface area (Å²) in [5, 5.41) is 0. The van der Waals surface area contributed by atoms with E-state index in [1.807, 2.05) is 11.9 Å². The van der Waals surface area contributed by atoms with Crippen LogP contribution in [-0.2, 0) is 0 Å². The van der Waals surface area contributed by atoms with E-state index in [4.69, 9.17) is 5.73 Å². The Bertz CT molecular complexity index is 132. The first-order chi connectivity index (χ1) is 3.80. The highest BCUT2D eigenvalue weighted by Gasteiger charge is 2.12. The largest absolute Gasteiger partial charge is 0.366 e. The molecule has 1 atom stereocenters. The van der Waals surface area contributed by atoms with Gasteiger partial charge in [-0.05, 0) is 12.6 Å². The molecule has 1 unspecified atom stereocenters. The number of rotatable bonds is 1. The fourth-order valence-electron chi connectivity index (χ4n) is 0.674. The van der Waals surface area contributed by atoms with E-state index in [0.29, 0.717) is 0 Å². The maximum absolute atomic E-state index is 10.4. The van der Waals surface area contributed by atoms with Gasteiger partial charge in [-0.15, -0.1) is 0 Å². The number of hydrogen-bond acceptors (Lipinski definition) is 1. The van der Waals surface area contributed by atoms with Crippen LogP contribution in [0.2, 0.25) is 0 Å². The molecule has 3 heteroatoms. The minimum atomic E-state index is -0.546. The standard InChI is InChI=1S/C5H8NOP/c6-5(7)8-3-1-2-4-8/h1,3H,2,4H2,(H2,6,7). The molecule has 1 amide bonds. The van der Waals surface area contributed by atoms with Crippen LogP contribution in [-0.4, -0.2) is 11.8 Å². The third kappa shape index (κ3) is 1.07. The van der Waals surface area contributed by atoms with Gasteiger partial charge in [-0.1, -0.05) is 11.9 Å². The molecule has 2 N–H and O–H groups in total. The van der Waals surface area contributed by atoms with Crippen molar-refractivity contribution < 1.29 is 4.79 Å². The second kappa shape index (κ2) is 2.27. The van der Waals surface area contributed by atoms with Crippen LogP contribution < -0.4 is 5.73 Å². The second-order valence-electron chi connectivity index (χ2n) is 1.71.